The monoisotopic (exact) mass is 480 g/mol. The molecule has 0 spiro atoms. The van der Waals surface area contributed by atoms with Crippen LogP contribution in [0, 0.1) is 5.82 Å². The molecule has 2 heterocycles. The molecule has 1 amide bonds. The summed E-state index contributed by atoms with van der Waals surface area (Å²) >= 11 is 0.956. The van der Waals surface area contributed by atoms with Crippen molar-refractivity contribution in [1.82, 2.24) is 9.21 Å². The summed E-state index contributed by atoms with van der Waals surface area (Å²) in [5, 5.41) is 0. The molecular weight excluding hydrogens is 455 g/mol. The largest absolute Gasteiger partial charge is 0.465 e. The van der Waals surface area contributed by atoms with E-state index in [1.165, 1.54) is 34.5 Å². The zero-order chi connectivity index (χ0) is 23.6. The van der Waals surface area contributed by atoms with E-state index in [0.29, 0.717) is 16.0 Å². The van der Waals surface area contributed by atoms with Crippen molar-refractivity contribution in [3.05, 3.63) is 63.8 Å². The third-order valence-corrected chi connectivity index (χ3v) is 8.81. The summed E-state index contributed by atoms with van der Waals surface area (Å²) in [7, 11) is -2.80. The Kier molecular flexibility index (Phi) is 7.16. The summed E-state index contributed by atoms with van der Waals surface area (Å²) in [6, 6.07) is 5.71. The molecule has 172 valence electrons. The Morgan fingerprint density at radius 3 is 2.59 bits per heavy atom. The van der Waals surface area contributed by atoms with Gasteiger partial charge in [-0.3, -0.25) is 4.79 Å². The van der Waals surface area contributed by atoms with Gasteiger partial charge in [-0.2, -0.15) is 4.31 Å². The summed E-state index contributed by atoms with van der Waals surface area (Å²) < 4.78 is 46.9. The van der Waals surface area contributed by atoms with Crippen molar-refractivity contribution in [2.45, 2.75) is 31.0 Å². The molecule has 0 fully saturated rings. The molecule has 0 bridgehead atoms. The van der Waals surface area contributed by atoms with Crippen LogP contribution < -0.4 is 0 Å². The number of likely N-dealkylation sites (N-methyl/N-ethyl adjacent to an activating group) is 1. The van der Waals surface area contributed by atoms with Crippen molar-refractivity contribution in [1.29, 1.82) is 0 Å². The molecule has 0 aliphatic carbocycles. The Balaban J connectivity index is 2.03. The number of esters is 1. The molecule has 1 aromatic carbocycles. The fourth-order valence-electron chi connectivity index (χ4n) is 3.63. The van der Waals surface area contributed by atoms with Crippen LogP contribution in [0.15, 0.2) is 40.6 Å². The van der Waals surface area contributed by atoms with Crippen LogP contribution in [0.3, 0.4) is 0 Å². The summed E-state index contributed by atoms with van der Waals surface area (Å²) in [5.74, 6) is -1.84. The second-order valence-corrected chi connectivity index (χ2v) is 10.7. The number of carbonyl (C=O) groups is 2. The Labute approximate surface area is 191 Å². The third-order valence-electron chi connectivity index (χ3n) is 5.18. The number of nitrogens with zero attached hydrogens (tertiary/aromatic N) is 2. The maximum atomic E-state index is 14.1. The predicted molar refractivity (Wildman–Crippen MR) is 120 cm³/mol. The van der Waals surface area contributed by atoms with E-state index in [0.717, 1.165) is 11.3 Å². The number of hydrogen-bond donors (Lipinski definition) is 0. The van der Waals surface area contributed by atoms with Gasteiger partial charge in [-0.1, -0.05) is 31.2 Å². The standard InChI is InChI=1S/C22H25FN2O5S2/c1-5-25(12-14(2)3)32(28,29)22-19(21(27)30-4)16-10-11-24(13-18(16)31-22)20(26)15-8-6-7-9-17(15)23/h6-9H,2,5,10-13H2,1,3-4H3. The molecule has 0 N–H and O–H groups in total. The second-order valence-electron chi connectivity index (χ2n) is 7.50. The second kappa shape index (κ2) is 9.51. The van der Waals surface area contributed by atoms with Gasteiger partial charge in [0.2, 0.25) is 0 Å². The molecule has 0 saturated carbocycles. The van der Waals surface area contributed by atoms with Crippen LogP contribution in [0.4, 0.5) is 4.39 Å². The molecule has 7 nitrogen and oxygen atoms in total. The number of hydrogen-bond acceptors (Lipinski definition) is 6. The van der Waals surface area contributed by atoms with Crippen molar-refractivity contribution in [2.24, 2.45) is 0 Å². The van der Waals surface area contributed by atoms with Crippen molar-refractivity contribution in [2.75, 3.05) is 26.7 Å². The number of fused-ring (bicyclic) bond motifs is 1. The molecular formula is C22H25FN2O5S2. The van der Waals surface area contributed by atoms with E-state index in [2.05, 4.69) is 6.58 Å². The lowest BCUT2D eigenvalue weighted by atomic mass is 10.0. The number of halogens is 1. The van der Waals surface area contributed by atoms with Gasteiger partial charge in [0.25, 0.3) is 15.9 Å². The number of benzene rings is 1. The minimum absolute atomic E-state index is 0.0191. The third kappa shape index (κ3) is 4.48. The van der Waals surface area contributed by atoms with Gasteiger partial charge in [0.1, 0.15) is 10.0 Å². The van der Waals surface area contributed by atoms with Gasteiger partial charge in [0.15, 0.2) is 0 Å². The number of ether oxygens (including phenoxy) is 1. The highest BCUT2D eigenvalue weighted by atomic mass is 32.2. The molecule has 1 aliphatic heterocycles. The van der Waals surface area contributed by atoms with Crippen LogP contribution in [0.5, 0.6) is 0 Å². The van der Waals surface area contributed by atoms with Crippen molar-refractivity contribution in [3.63, 3.8) is 0 Å². The highest BCUT2D eigenvalue weighted by Gasteiger charge is 2.37. The Bertz CT molecular complexity index is 1170. The van der Waals surface area contributed by atoms with Gasteiger partial charge in [-0.05, 0) is 31.0 Å². The van der Waals surface area contributed by atoms with Gasteiger partial charge >= 0.3 is 5.97 Å². The van der Waals surface area contributed by atoms with Crippen LogP contribution in [0.1, 0.15) is 45.0 Å². The number of rotatable bonds is 7. The first-order chi connectivity index (χ1) is 15.1. The maximum absolute atomic E-state index is 14.1. The molecule has 3 rings (SSSR count). The first-order valence-corrected chi connectivity index (χ1v) is 12.3. The Hall–Kier alpha value is -2.56. The van der Waals surface area contributed by atoms with E-state index in [1.807, 2.05) is 0 Å². The van der Waals surface area contributed by atoms with Crippen molar-refractivity contribution >= 4 is 33.2 Å². The highest BCUT2D eigenvalue weighted by molar-refractivity contribution is 7.91. The molecule has 10 heteroatoms. The number of carbonyl (C=O) groups excluding carboxylic acids is 2. The van der Waals surface area contributed by atoms with Gasteiger partial charge in [0.05, 0.1) is 24.8 Å². The Morgan fingerprint density at radius 1 is 1.31 bits per heavy atom. The number of methoxy groups -OCH3 is 1. The van der Waals surface area contributed by atoms with E-state index in [-0.39, 0.29) is 47.9 Å². The van der Waals surface area contributed by atoms with Gasteiger partial charge in [-0.15, -0.1) is 11.3 Å². The zero-order valence-electron chi connectivity index (χ0n) is 18.2. The lowest BCUT2D eigenvalue weighted by Gasteiger charge is -2.27. The SMILES string of the molecule is C=C(C)CN(CC)S(=O)(=O)c1sc2c(c1C(=O)OC)CCN(C(=O)c1ccccc1F)C2. The van der Waals surface area contributed by atoms with E-state index >= 15 is 0 Å². The number of sulfonamides is 1. The molecule has 0 unspecified atom stereocenters. The maximum Gasteiger partial charge on any atom is 0.340 e. The Morgan fingerprint density at radius 2 is 2.00 bits per heavy atom. The fraction of sp³-hybridized carbons (Fsp3) is 0.364. The lowest BCUT2D eigenvalue weighted by Crippen LogP contribution is -2.36. The number of thiophene rings is 1. The van der Waals surface area contributed by atoms with E-state index in [9.17, 15) is 22.4 Å². The van der Waals surface area contributed by atoms with E-state index < -0.39 is 27.7 Å². The van der Waals surface area contributed by atoms with E-state index in [4.69, 9.17) is 4.74 Å². The minimum Gasteiger partial charge on any atom is -0.465 e. The minimum atomic E-state index is -4.00. The topological polar surface area (TPSA) is 84.0 Å². The summed E-state index contributed by atoms with van der Waals surface area (Å²) in [6.07, 6.45) is 0.262. The summed E-state index contributed by atoms with van der Waals surface area (Å²) in [4.78, 5) is 27.5. The first kappa shape index (κ1) is 24.1. The first-order valence-electron chi connectivity index (χ1n) is 10.0. The van der Waals surface area contributed by atoms with Crippen LogP contribution in [-0.4, -0.2) is 56.2 Å². The smallest absolute Gasteiger partial charge is 0.340 e. The average Bonchev–Trinajstić information content (AvgIpc) is 3.16. The van der Waals surface area contributed by atoms with Crippen LogP contribution >= 0.6 is 11.3 Å². The molecule has 1 aromatic heterocycles. The number of amides is 1. The van der Waals surface area contributed by atoms with Gasteiger partial charge in [-0.25, -0.2) is 17.6 Å². The highest BCUT2D eigenvalue weighted by Crippen LogP contribution is 2.38. The van der Waals surface area contributed by atoms with Crippen molar-refractivity contribution in [3.8, 4) is 0 Å². The van der Waals surface area contributed by atoms with Gasteiger partial charge < -0.3 is 9.64 Å². The van der Waals surface area contributed by atoms with Gasteiger partial charge in [0, 0.05) is 24.5 Å². The van der Waals surface area contributed by atoms with E-state index in [1.54, 1.807) is 19.9 Å². The average molecular weight is 481 g/mol. The molecule has 2 aromatic rings. The summed E-state index contributed by atoms with van der Waals surface area (Å²) in [6.45, 7) is 7.86. The zero-order valence-corrected chi connectivity index (χ0v) is 19.8. The van der Waals surface area contributed by atoms with Crippen LogP contribution in [0.25, 0.3) is 0 Å². The normalized spacial score (nSPS) is 13.7. The van der Waals surface area contributed by atoms with Crippen LogP contribution in [-0.2, 0) is 27.7 Å². The predicted octanol–water partition coefficient (Wildman–Crippen LogP) is 3.46. The summed E-state index contributed by atoms with van der Waals surface area (Å²) in [5.41, 5.74) is 1.19. The molecule has 0 radical (unpaired) electrons. The quantitative estimate of drug-likeness (QED) is 0.448. The molecule has 0 saturated heterocycles. The van der Waals surface area contributed by atoms with Crippen LogP contribution in [0.2, 0.25) is 0 Å². The molecule has 1 aliphatic rings. The molecule has 0 atom stereocenters. The fourth-order valence-corrected chi connectivity index (χ4v) is 7.18. The lowest BCUT2D eigenvalue weighted by molar-refractivity contribution is 0.0595. The van der Waals surface area contributed by atoms with Crippen molar-refractivity contribution < 1.29 is 27.1 Å². The molecule has 32 heavy (non-hydrogen) atoms.